The maximum absolute atomic E-state index is 5.83. The molecule has 1 aliphatic rings. The summed E-state index contributed by atoms with van der Waals surface area (Å²) in [6.45, 7) is 2.81. The van der Waals surface area contributed by atoms with Crippen molar-refractivity contribution >= 4 is 5.96 Å². The molecule has 0 saturated heterocycles. The second kappa shape index (κ2) is 9.25. The summed E-state index contributed by atoms with van der Waals surface area (Å²) in [5, 5.41) is 3.11. The zero-order chi connectivity index (χ0) is 16.5. The molecule has 6 nitrogen and oxygen atoms in total. The molecule has 0 heterocycles. The van der Waals surface area contributed by atoms with E-state index in [1.165, 1.54) is 12.8 Å². The van der Waals surface area contributed by atoms with Gasteiger partial charge in [0.2, 0.25) is 0 Å². The largest absolute Gasteiger partial charge is 0.493 e. The average molecular weight is 321 g/mol. The van der Waals surface area contributed by atoms with Gasteiger partial charge < -0.3 is 25.3 Å². The normalized spacial score (nSPS) is 14.6. The van der Waals surface area contributed by atoms with Crippen molar-refractivity contribution in [2.45, 2.75) is 19.3 Å². The maximum Gasteiger partial charge on any atom is 0.188 e. The van der Waals surface area contributed by atoms with E-state index >= 15 is 0 Å². The Morgan fingerprint density at radius 1 is 1.26 bits per heavy atom. The van der Waals surface area contributed by atoms with E-state index in [1.54, 1.807) is 14.2 Å². The number of hydrogen-bond acceptors (Lipinski definition) is 4. The number of guanidine groups is 1. The van der Waals surface area contributed by atoms with E-state index in [0.717, 1.165) is 36.0 Å². The van der Waals surface area contributed by atoms with Gasteiger partial charge in [0.05, 0.1) is 27.4 Å². The van der Waals surface area contributed by atoms with Crippen LogP contribution in [-0.2, 0) is 11.2 Å². The molecule has 0 atom stereocenters. The van der Waals surface area contributed by atoms with Gasteiger partial charge in [-0.2, -0.15) is 0 Å². The van der Waals surface area contributed by atoms with E-state index < -0.39 is 0 Å². The molecule has 1 saturated carbocycles. The van der Waals surface area contributed by atoms with Crippen LogP contribution in [0.25, 0.3) is 0 Å². The Hall–Kier alpha value is -1.95. The Morgan fingerprint density at radius 2 is 2.04 bits per heavy atom. The third-order valence-corrected chi connectivity index (χ3v) is 3.74. The van der Waals surface area contributed by atoms with E-state index in [2.05, 4.69) is 10.3 Å². The second-order valence-electron chi connectivity index (χ2n) is 5.65. The van der Waals surface area contributed by atoms with Crippen LogP contribution in [0.15, 0.2) is 23.2 Å². The first-order valence-corrected chi connectivity index (χ1v) is 8.05. The van der Waals surface area contributed by atoms with Gasteiger partial charge in [0.1, 0.15) is 0 Å². The van der Waals surface area contributed by atoms with Crippen LogP contribution in [0.3, 0.4) is 0 Å². The van der Waals surface area contributed by atoms with Crippen LogP contribution in [-0.4, -0.2) is 46.5 Å². The lowest BCUT2D eigenvalue weighted by Gasteiger charge is -2.10. The summed E-state index contributed by atoms with van der Waals surface area (Å²) in [6, 6.07) is 5.89. The molecular formula is C17H27N3O3. The number of ether oxygens (including phenoxy) is 3. The lowest BCUT2D eigenvalue weighted by Crippen LogP contribution is -2.33. The summed E-state index contributed by atoms with van der Waals surface area (Å²) in [7, 11) is 3.26. The molecule has 1 aromatic carbocycles. The van der Waals surface area contributed by atoms with Crippen LogP contribution in [0.4, 0.5) is 0 Å². The van der Waals surface area contributed by atoms with Crippen molar-refractivity contribution in [3.8, 4) is 11.5 Å². The fraction of sp³-hybridized carbons (Fsp3) is 0.588. The molecule has 3 N–H and O–H groups in total. The van der Waals surface area contributed by atoms with E-state index in [9.17, 15) is 0 Å². The van der Waals surface area contributed by atoms with Crippen LogP contribution < -0.4 is 20.5 Å². The molecule has 128 valence electrons. The summed E-state index contributed by atoms with van der Waals surface area (Å²) in [5.41, 5.74) is 6.98. The van der Waals surface area contributed by atoms with E-state index in [1.807, 2.05) is 18.2 Å². The zero-order valence-electron chi connectivity index (χ0n) is 14.0. The average Bonchev–Trinajstić information content (AvgIpc) is 3.38. The van der Waals surface area contributed by atoms with Gasteiger partial charge in [0, 0.05) is 13.2 Å². The van der Waals surface area contributed by atoms with E-state index in [0.29, 0.717) is 25.7 Å². The zero-order valence-corrected chi connectivity index (χ0v) is 14.0. The van der Waals surface area contributed by atoms with Crippen molar-refractivity contribution in [2.75, 3.05) is 40.5 Å². The predicted molar refractivity (Wildman–Crippen MR) is 91.3 cm³/mol. The number of nitrogens with zero attached hydrogens (tertiary/aromatic N) is 1. The highest BCUT2D eigenvalue weighted by molar-refractivity contribution is 5.77. The molecule has 0 bridgehead atoms. The summed E-state index contributed by atoms with van der Waals surface area (Å²) in [6.07, 6.45) is 3.45. The highest BCUT2D eigenvalue weighted by atomic mass is 16.5. The van der Waals surface area contributed by atoms with Crippen molar-refractivity contribution in [1.29, 1.82) is 0 Å². The molecule has 1 aliphatic carbocycles. The molecule has 0 unspecified atom stereocenters. The van der Waals surface area contributed by atoms with Gasteiger partial charge in [0.25, 0.3) is 0 Å². The molecule has 0 aliphatic heterocycles. The third-order valence-electron chi connectivity index (χ3n) is 3.74. The molecule has 0 amide bonds. The maximum atomic E-state index is 5.83. The minimum Gasteiger partial charge on any atom is -0.493 e. The SMILES string of the molecule is COc1ccc(CCNC(N)=NCCOCC2CC2)cc1OC. The number of hydrogen-bond donors (Lipinski definition) is 2. The van der Waals surface area contributed by atoms with Crippen molar-refractivity contribution in [1.82, 2.24) is 5.32 Å². The third kappa shape index (κ3) is 6.36. The van der Waals surface area contributed by atoms with E-state index in [4.69, 9.17) is 19.9 Å². The monoisotopic (exact) mass is 321 g/mol. The molecule has 2 rings (SSSR count). The number of rotatable bonds is 10. The summed E-state index contributed by atoms with van der Waals surface area (Å²) in [4.78, 5) is 4.25. The van der Waals surface area contributed by atoms with Crippen molar-refractivity contribution in [3.05, 3.63) is 23.8 Å². The molecule has 1 aromatic rings. The van der Waals surface area contributed by atoms with Gasteiger partial charge >= 0.3 is 0 Å². The van der Waals surface area contributed by atoms with Crippen LogP contribution in [0.2, 0.25) is 0 Å². The van der Waals surface area contributed by atoms with Crippen LogP contribution >= 0.6 is 0 Å². The van der Waals surface area contributed by atoms with Gasteiger partial charge in [-0.3, -0.25) is 4.99 Å². The highest BCUT2D eigenvalue weighted by Gasteiger charge is 2.20. The smallest absolute Gasteiger partial charge is 0.188 e. The molecule has 23 heavy (non-hydrogen) atoms. The number of benzene rings is 1. The van der Waals surface area contributed by atoms with Gasteiger partial charge in [0.15, 0.2) is 17.5 Å². The van der Waals surface area contributed by atoms with Crippen LogP contribution in [0.5, 0.6) is 11.5 Å². The predicted octanol–water partition coefficient (Wildman–Crippen LogP) is 1.58. The number of nitrogens with two attached hydrogens (primary N) is 1. The number of methoxy groups -OCH3 is 2. The van der Waals surface area contributed by atoms with Crippen LogP contribution in [0, 0.1) is 5.92 Å². The first-order valence-electron chi connectivity index (χ1n) is 8.05. The summed E-state index contributed by atoms with van der Waals surface area (Å²) in [5.74, 6) is 2.72. The minimum atomic E-state index is 0.459. The highest BCUT2D eigenvalue weighted by Crippen LogP contribution is 2.28. The fourth-order valence-corrected chi connectivity index (χ4v) is 2.19. The first kappa shape index (κ1) is 17.4. The fourth-order valence-electron chi connectivity index (χ4n) is 2.19. The van der Waals surface area contributed by atoms with Crippen LogP contribution in [0.1, 0.15) is 18.4 Å². The molecule has 0 radical (unpaired) electrons. The summed E-state index contributed by atoms with van der Waals surface area (Å²) >= 11 is 0. The standard InChI is InChI=1S/C17H27N3O3/c1-21-15-6-5-13(11-16(15)22-2)7-8-19-17(18)20-9-10-23-12-14-3-4-14/h5-6,11,14H,3-4,7-10,12H2,1-2H3,(H3,18,19,20). The molecule has 0 spiro atoms. The van der Waals surface area contributed by atoms with Crippen molar-refractivity contribution in [3.63, 3.8) is 0 Å². The first-order chi connectivity index (χ1) is 11.2. The molecule has 1 fully saturated rings. The second-order valence-corrected chi connectivity index (χ2v) is 5.65. The Morgan fingerprint density at radius 3 is 2.74 bits per heavy atom. The lowest BCUT2D eigenvalue weighted by molar-refractivity contribution is 0.132. The molecule has 0 aromatic heterocycles. The number of aliphatic imine (C=N–C) groups is 1. The quantitative estimate of drug-likeness (QED) is 0.389. The topological polar surface area (TPSA) is 78.1 Å². The lowest BCUT2D eigenvalue weighted by atomic mass is 10.1. The minimum absolute atomic E-state index is 0.459. The Kier molecular flexibility index (Phi) is 7.00. The van der Waals surface area contributed by atoms with Crippen molar-refractivity contribution < 1.29 is 14.2 Å². The molecular weight excluding hydrogens is 294 g/mol. The Labute approximate surface area is 138 Å². The van der Waals surface area contributed by atoms with Gasteiger partial charge in [-0.05, 0) is 42.9 Å². The van der Waals surface area contributed by atoms with Gasteiger partial charge in [-0.15, -0.1) is 0 Å². The Balaban J connectivity index is 1.64. The van der Waals surface area contributed by atoms with E-state index in [-0.39, 0.29) is 0 Å². The van der Waals surface area contributed by atoms with Gasteiger partial charge in [-0.25, -0.2) is 0 Å². The molecule has 6 heteroatoms. The van der Waals surface area contributed by atoms with Crippen molar-refractivity contribution in [2.24, 2.45) is 16.6 Å². The van der Waals surface area contributed by atoms with Gasteiger partial charge in [-0.1, -0.05) is 6.07 Å². The Bertz CT molecular complexity index is 516. The summed E-state index contributed by atoms with van der Waals surface area (Å²) < 4.78 is 16.0. The number of nitrogens with one attached hydrogen (secondary N) is 1.